The van der Waals surface area contributed by atoms with E-state index in [-0.39, 0.29) is 17.9 Å². The van der Waals surface area contributed by atoms with Crippen molar-refractivity contribution in [2.24, 2.45) is 11.8 Å². The van der Waals surface area contributed by atoms with E-state index in [2.05, 4.69) is 36.2 Å². The Morgan fingerprint density at radius 1 is 1.03 bits per heavy atom. The molecule has 0 aliphatic heterocycles. The lowest BCUT2D eigenvalue weighted by atomic mass is 9.78. The number of amides is 1. The smallest absolute Gasteiger partial charge is 0.230 e. The Morgan fingerprint density at radius 3 is 2.45 bits per heavy atom. The first-order chi connectivity index (χ1) is 18.4. The predicted molar refractivity (Wildman–Crippen MR) is 149 cm³/mol. The van der Waals surface area contributed by atoms with E-state index in [1.807, 2.05) is 30.0 Å². The molecule has 0 spiro atoms. The second-order valence-corrected chi connectivity index (χ2v) is 11.2. The Morgan fingerprint density at radius 2 is 1.79 bits per heavy atom. The molecule has 2 saturated carbocycles. The average Bonchev–Trinajstić information content (AvgIpc) is 3.38. The molecule has 1 aromatic heterocycles. The van der Waals surface area contributed by atoms with Gasteiger partial charge in [-0.3, -0.25) is 4.79 Å². The van der Waals surface area contributed by atoms with Crippen LogP contribution in [0.15, 0.2) is 53.1 Å². The highest BCUT2D eigenvalue weighted by atomic mass is 16.5. The number of ether oxygens (including phenoxy) is 1. The lowest BCUT2D eigenvalue weighted by Crippen LogP contribution is -2.41. The highest BCUT2D eigenvalue weighted by molar-refractivity contribution is 5.95. The van der Waals surface area contributed by atoms with E-state index in [9.17, 15) is 9.90 Å². The van der Waals surface area contributed by atoms with Crippen LogP contribution in [0.4, 0.5) is 5.69 Å². The topological polar surface area (TPSA) is 75.8 Å². The summed E-state index contributed by atoms with van der Waals surface area (Å²) >= 11 is 0. The Hall–Kier alpha value is -3.12. The van der Waals surface area contributed by atoms with Gasteiger partial charge in [-0.25, -0.2) is 4.98 Å². The summed E-state index contributed by atoms with van der Waals surface area (Å²) in [6.07, 6.45) is 8.78. The third-order valence-corrected chi connectivity index (χ3v) is 8.56. The van der Waals surface area contributed by atoms with Gasteiger partial charge in [-0.15, -0.1) is 0 Å². The third kappa shape index (κ3) is 5.96. The van der Waals surface area contributed by atoms with Crippen LogP contribution in [0.25, 0.3) is 11.3 Å². The molecule has 1 amide bonds. The lowest BCUT2D eigenvalue weighted by Gasteiger charge is -2.36. The molecule has 38 heavy (non-hydrogen) atoms. The maximum Gasteiger partial charge on any atom is 0.230 e. The number of hydrogen-bond donors (Lipinski definition) is 1. The molecule has 3 aromatic rings. The molecule has 202 valence electrons. The van der Waals surface area contributed by atoms with E-state index in [1.165, 1.54) is 11.1 Å². The number of methoxy groups -OCH3 is 1. The molecule has 0 radical (unpaired) electrons. The first-order valence-electron chi connectivity index (χ1n) is 14.1. The maximum atomic E-state index is 13.9. The summed E-state index contributed by atoms with van der Waals surface area (Å²) in [4.78, 5) is 20.4. The zero-order valence-corrected chi connectivity index (χ0v) is 22.9. The van der Waals surface area contributed by atoms with Gasteiger partial charge in [0.15, 0.2) is 5.89 Å². The van der Waals surface area contributed by atoms with Crippen molar-refractivity contribution in [2.75, 3.05) is 18.6 Å². The van der Waals surface area contributed by atoms with Crippen LogP contribution in [-0.4, -0.2) is 35.8 Å². The van der Waals surface area contributed by atoms with Gasteiger partial charge in [0.05, 0.1) is 13.2 Å². The fraction of sp³-hybridized carbons (Fsp3) is 0.500. The molecule has 2 aliphatic carbocycles. The summed E-state index contributed by atoms with van der Waals surface area (Å²) in [5, 5.41) is 10.0. The molecule has 6 heteroatoms. The molecule has 0 saturated heterocycles. The SMILES string of the molecule is COc1ccc(C2CCC(CN(C(=O)C3CCC(O)CC3)c3cccc(-c4coc(C)n4)c3)CC2)cc1C. The molecule has 0 atom stereocenters. The number of oxazole rings is 1. The van der Waals surface area contributed by atoms with Crippen LogP contribution in [0, 0.1) is 25.7 Å². The van der Waals surface area contributed by atoms with E-state index in [0.29, 0.717) is 30.6 Å². The molecule has 6 nitrogen and oxygen atoms in total. The Kier molecular flexibility index (Phi) is 8.18. The van der Waals surface area contributed by atoms with E-state index in [1.54, 1.807) is 13.4 Å². The van der Waals surface area contributed by atoms with Crippen molar-refractivity contribution in [3.63, 3.8) is 0 Å². The van der Waals surface area contributed by atoms with Crippen LogP contribution >= 0.6 is 0 Å². The van der Waals surface area contributed by atoms with Gasteiger partial charge in [-0.2, -0.15) is 0 Å². The largest absolute Gasteiger partial charge is 0.496 e. The number of aryl methyl sites for hydroxylation is 2. The number of nitrogens with zero attached hydrogens (tertiary/aromatic N) is 2. The van der Waals surface area contributed by atoms with Crippen LogP contribution in [-0.2, 0) is 4.79 Å². The number of hydrogen-bond acceptors (Lipinski definition) is 5. The normalized spacial score (nSPS) is 23.7. The van der Waals surface area contributed by atoms with Gasteiger partial charge in [0.2, 0.25) is 5.91 Å². The Bertz CT molecular complexity index is 1240. The van der Waals surface area contributed by atoms with Gasteiger partial charge in [-0.05, 0) is 99.5 Å². The van der Waals surface area contributed by atoms with Gasteiger partial charge >= 0.3 is 0 Å². The van der Waals surface area contributed by atoms with Crippen LogP contribution in [0.3, 0.4) is 0 Å². The summed E-state index contributed by atoms with van der Waals surface area (Å²) < 4.78 is 10.9. The Labute approximate surface area is 226 Å². The molecule has 2 aromatic carbocycles. The quantitative estimate of drug-likeness (QED) is 0.373. The standard InChI is InChI=1S/C32H40N2O4/c1-21-17-26(13-16-31(21)37-3)24-9-7-23(8-10-24)19-34(32(36)25-11-14-29(35)15-12-25)28-6-4-5-27(18-28)30-20-38-22(2)33-30/h4-6,13,16-18,20,23-25,29,35H,7-12,14-15,19H2,1-3H3. The van der Waals surface area contributed by atoms with E-state index in [0.717, 1.165) is 67.8 Å². The zero-order chi connectivity index (χ0) is 26.6. The van der Waals surface area contributed by atoms with Crippen molar-refractivity contribution in [2.45, 2.75) is 77.2 Å². The van der Waals surface area contributed by atoms with Crippen molar-refractivity contribution in [1.29, 1.82) is 0 Å². The van der Waals surface area contributed by atoms with E-state index < -0.39 is 0 Å². The molecular weight excluding hydrogens is 476 g/mol. The highest BCUT2D eigenvalue weighted by Crippen LogP contribution is 2.39. The molecule has 1 heterocycles. The number of aliphatic hydroxyl groups is 1. The molecule has 0 unspecified atom stereocenters. The van der Waals surface area contributed by atoms with Gasteiger partial charge in [-0.1, -0.05) is 24.3 Å². The number of benzene rings is 2. The minimum Gasteiger partial charge on any atom is -0.496 e. The predicted octanol–water partition coefficient (Wildman–Crippen LogP) is 6.83. The van der Waals surface area contributed by atoms with Crippen LogP contribution in [0.2, 0.25) is 0 Å². The minimum absolute atomic E-state index is 0.0324. The number of anilines is 1. The molecule has 1 N–H and O–H groups in total. The third-order valence-electron chi connectivity index (χ3n) is 8.56. The highest BCUT2D eigenvalue weighted by Gasteiger charge is 2.32. The summed E-state index contributed by atoms with van der Waals surface area (Å²) in [5.41, 5.74) is 5.24. The molecular formula is C32H40N2O4. The van der Waals surface area contributed by atoms with Crippen LogP contribution in [0.1, 0.15) is 74.3 Å². The number of carbonyl (C=O) groups is 1. The van der Waals surface area contributed by atoms with Crippen molar-refractivity contribution in [1.82, 2.24) is 4.98 Å². The van der Waals surface area contributed by atoms with Gasteiger partial charge in [0, 0.05) is 30.6 Å². The Balaban J connectivity index is 1.32. The van der Waals surface area contributed by atoms with Gasteiger partial charge in [0.25, 0.3) is 0 Å². The number of rotatable bonds is 7. The van der Waals surface area contributed by atoms with E-state index >= 15 is 0 Å². The summed E-state index contributed by atoms with van der Waals surface area (Å²) in [6.45, 7) is 4.67. The van der Waals surface area contributed by atoms with E-state index in [4.69, 9.17) is 9.15 Å². The maximum absolute atomic E-state index is 13.9. The van der Waals surface area contributed by atoms with Crippen molar-refractivity contribution < 1.29 is 19.1 Å². The monoisotopic (exact) mass is 516 g/mol. The summed E-state index contributed by atoms with van der Waals surface area (Å²) in [7, 11) is 1.72. The number of aromatic nitrogens is 1. The molecule has 5 rings (SSSR count). The van der Waals surface area contributed by atoms with Crippen LogP contribution in [0.5, 0.6) is 5.75 Å². The summed E-state index contributed by atoms with van der Waals surface area (Å²) in [5.74, 6) is 2.74. The second kappa shape index (κ2) is 11.7. The van der Waals surface area contributed by atoms with Crippen molar-refractivity contribution in [3.05, 3.63) is 65.7 Å². The molecule has 0 bridgehead atoms. The lowest BCUT2D eigenvalue weighted by molar-refractivity contribution is -0.124. The van der Waals surface area contributed by atoms with Crippen molar-refractivity contribution >= 4 is 11.6 Å². The van der Waals surface area contributed by atoms with Crippen molar-refractivity contribution in [3.8, 4) is 17.0 Å². The number of carbonyl (C=O) groups excluding carboxylic acids is 1. The first kappa shape index (κ1) is 26.5. The van der Waals surface area contributed by atoms with Gasteiger partial charge < -0.3 is 19.2 Å². The summed E-state index contributed by atoms with van der Waals surface area (Å²) in [6, 6.07) is 14.7. The molecule has 2 fully saturated rings. The second-order valence-electron chi connectivity index (χ2n) is 11.2. The fourth-order valence-electron chi connectivity index (χ4n) is 6.29. The molecule has 2 aliphatic rings. The van der Waals surface area contributed by atoms with Gasteiger partial charge in [0.1, 0.15) is 17.7 Å². The fourth-order valence-corrected chi connectivity index (χ4v) is 6.29. The minimum atomic E-state index is -0.275. The average molecular weight is 517 g/mol. The van der Waals surface area contributed by atoms with Crippen LogP contribution < -0.4 is 9.64 Å². The first-order valence-corrected chi connectivity index (χ1v) is 14.1. The zero-order valence-electron chi connectivity index (χ0n) is 22.9. The number of aliphatic hydroxyl groups excluding tert-OH is 1.